The maximum atomic E-state index is 9.29. The van der Waals surface area contributed by atoms with Crippen LogP contribution >= 0.6 is 24.2 Å². The van der Waals surface area contributed by atoms with E-state index in [1.807, 2.05) is 30.3 Å². The maximum Gasteiger partial charge on any atom is 0.313 e. The highest BCUT2D eigenvalue weighted by Gasteiger charge is 1.81. The second kappa shape index (κ2) is 7.00. The number of carbonyl (C=O) groups is 1. The molecule has 0 amide bonds. The van der Waals surface area contributed by atoms with Crippen molar-refractivity contribution < 1.29 is 9.90 Å². The number of hydrogen-bond acceptors (Lipinski definition) is 2. The number of rotatable bonds is 1. The zero-order chi connectivity index (χ0) is 9.40. The molecule has 0 fully saturated rings. The van der Waals surface area contributed by atoms with Gasteiger partial charge in [0.15, 0.2) is 0 Å². The van der Waals surface area contributed by atoms with E-state index in [-0.39, 0.29) is 5.75 Å². The Morgan fingerprint density at radius 1 is 1.42 bits per heavy atom. The molecule has 0 saturated heterocycles. The minimum Gasteiger partial charge on any atom is -0.481 e. The minimum atomic E-state index is -0.881. The fraction of sp³-hybridized carbons (Fsp3) is 0.125. The van der Waals surface area contributed by atoms with E-state index in [1.54, 1.807) is 0 Å². The van der Waals surface area contributed by atoms with E-state index < -0.39 is 5.97 Å². The Morgan fingerprint density at radius 3 is 2.00 bits per heavy atom. The van der Waals surface area contributed by atoms with E-state index in [0.29, 0.717) is 0 Å². The molecule has 4 heteroatoms. The van der Waals surface area contributed by atoms with Crippen molar-refractivity contribution in [2.45, 2.75) is 0 Å². The summed E-state index contributed by atoms with van der Waals surface area (Å²) in [6.45, 7) is 0. The lowest BCUT2D eigenvalue weighted by atomic mass is 10.4. The number of halogens is 1. The fourth-order valence-electron chi connectivity index (χ4n) is 0.415. The van der Waals surface area contributed by atoms with Crippen molar-refractivity contribution in [2.24, 2.45) is 0 Å². The SMILES string of the molecule is Clc1ccccc1.O=C(O)CS. The van der Waals surface area contributed by atoms with Gasteiger partial charge in [-0.1, -0.05) is 29.8 Å². The third-order valence-corrected chi connectivity index (χ3v) is 1.39. The molecular formula is C8H9ClO2S. The molecule has 0 aromatic heterocycles. The Labute approximate surface area is 81.6 Å². The van der Waals surface area contributed by atoms with Crippen LogP contribution in [0.4, 0.5) is 0 Å². The zero-order valence-corrected chi connectivity index (χ0v) is 7.92. The summed E-state index contributed by atoms with van der Waals surface area (Å²) in [5, 5.41) is 8.44. The average Bonchev–Trinajstić information content (AvgIpc) is 2.07. The van der Waals surface area contributed by atoms with E-state index in [0.717, 1.165) is 5.02 Å². The minimum absolute atomic E-state index is 0.0833. The molecule has 0 aliphatic heterocycles. The van der Waals surface area contributed by atoms with Crippen molar-refractivity contribution in [3.05, 3.63) is 35.4 Å². The first kappa shape index (κ1) is 11.3. The van der Waals surface area contributed by atoms with Gasteiger partial charge < -0.3 is 5.11 Å². The largest absolute Gasteiger partial charge is 0.481 e. The number of aliphatic carboxylic acids is 1. The molecule has 2 nitrogen and oxygen atoms in total. The first-order valence-corrected chi connectivity index (χ1v) is 4.21. The first-order valence-electron chi connectivity index (χ1n) is 3.20. The lowest BCUT2D eigenvalue weighted by molar-refractivity contribution is -0.133. The van der Waals surface area contributed by atoms with Gasteiger partial charge in [-0.2, -0.15) is 12.6 Å². The summed E-state index contributed by atoms with van der Waals surface area (Å²) in [4.78, 5) is 9.29. The van der Waals surface area contributed by atoms with Crippen molar-refractivity contribution in [3.8, 4) is 0 Å². The van der Waals surface area contributed by atoms with Crippen molar-refractivity contribution in [3.63, 3.8) is 0 Å². The van der Waals surface area contributed by atoms with Gasteiger partial charge in [-0.15, -0.1) is 0 Å². The standard InChI is InChI=1S/C6H5Cl.C2H4O2S/c7-6-4-2-1-3-5-6;3-2(4)1-5/h1-5H;5H,1H2,(H,3,4). The van der Waals surface area contributed by atoms with Crippen molar-refractivity contribution in [1.82, 2.24) is 0 Å². The van der Waals surface area contributed by atoms with E-state index in [2.05, 4.69) is 12.6 Å². The smallest absolute Gasteiger partial charge is 0.313 e. The van der Waals surface area contributed by atoms with Gasteiger partial charge in [-0.25, -0.2) is 0 Å². The normalized spacial score (nSPS) is 8.17. The molecule has 0 radical (unpaired) electrons. The van der Waals surface area contributed by atoms with Crippen molar-refractivity contribution in [2.75, 3.05) is 5.75 Å². The van der Waals surface area contributed by atoms with E-state index >= 15 is 0 Å². The number of hydrogen-bond donors (Lipinski definition) is 2. The average molecular weight is 205 g/mol. The number of benzene rings is 1. The molecule has 1 rings (SSSR count). The summed E-state index contributed by atoms with van der Waals surface area (Å²) in [5.41, 5.74) is 0. The predicted octanol–water partition coefficient (Wildman–Crippen LogP) is 2.34. The zero-order valence-electron chi connectivity index (χ0n) is 6.27. The summed E-state index contributed by atoms with van der Waals surface area (Å²) in [7, 11) is 0. The molecule has 0 bridgehead atoms. The van der Waals surface area contributed by atoms with Crippen LogP contribution < -0.4 is 0 Å². The number of thiol groups is 1. The Hall–Kier alpha value is -0.670. The second-order valence-electron chi connectivity index (χ2n) is 1.85. The lowest BCUT2D eigenvalue weighted by Gasteiger charge is -1.80. The van der Waals surface area contributed by atoms with Crippen LogP contribution in [0.15, 0.2) is 30.3 Å². The predicted molar refractivity (Wildman–Crippen MR) is 52.9 cm³/mol. The highest BCUT2D eigenvalue weighted by molar-refractivity contribution is 7.81. The molecule has 0 aliphatic rings. The van der Waals surface area contributed by atoms with Gasteiger partial charge in [0, 0.05) is 5.02 Å². The van der Waals surface area contributed by atoms with Crippen molar-refractivity contribution >= 4 is 30.2 Å². The van der Waals surface area contributed by atoms with Crippen molar-refractivity contribution in [1.29, 1.82) is 0 Å². The highest BCUT2D eigenvalue weighted by atomic mass is 35.5. The summed E-state index contributed by atoms with van der Waals surface area (Å²) in [5.74, 6) is -0.965. The van der Waals surface area contributed by atoms with Gasteiger partial charge in [0.25, 0.3) is 0 Å². The fourth-order valence-corrected chi connectivity index (χ4v) is 0.560. The summed E-state index contributed by atoms with van der Waals surface area (Å²) in [6, 6.07) is 9.44. The van der Waals surface area contributed by atoms with Crippen LogP contribution in [0.1, 0.15) is 0 Å². The first-order chi connectivity index (χ1) is 5.66. The maximum absolute atomic E-state index is 9.29. The molecule has 0 unspecified atom stereocenters. The molecule has 1 N–H and O–H groups in total. The van der Waals surface area contributed by atoms with Crippen LogP contribution in [-0.2, 0) is 4.79 Å². The third kappa shape index (κ3) is 7.44. The van der Waals surface area contributed by atoms with Crippen LogP contribution in [0, 0.1) is 0 Å². The molecule has 0 atom stereocenters. The molecular weight excluding hydrogens is 196 g/mol. The van der Waals surface area contributed by atoms with E-state index in [9.17, 15) is 4.79 Å². The monoisotopic (exact) mass is 204 g/mol. The third-order valence-electron chi connectivity index (χ3n) is 0.868. The summed E-state index contributed by atoms with van der Waals surface area (Å²) < 4.78 is 0. The van der Waals surface area contributed by atoms with Crippen LogP contribution in [0.2, 0.25) is 5.02 Å². The lowest BCUT2D eigenvalue weighted by Crippen LogP contribution is -1.92. The second-order valence-corrected chi connectivity index (χ2v) is 2.60. The quantitative estimate of drug-likeness (QED) is 0.690. The molecule has 1 aromatic rings. The molecule has 12 heavy (non-hydrogen) atoms. The molecule has 0 heterocycles. The van der Waals surface area contributed by atoms with Gasteiger partial charge >= 0.3 is 5.97 Å². The van der Waals surface area contributed by atoms with Crippen LogP contribution in [0.5, 0.6) is 0 Å². The molecule has 0 aliphatic carbocycles. The van der Waals surface area contributed by atoms with Crippen LogP contribution in [0.25, 0.3) is 0 Å². The number of carboxylic acids is 1. The summed E-state index contributed by atoms with van der Waals surface area (Å²) >= 11 is 8.96. The molecule has 0 spiro atoms. The highest BCUT2D eigenvalue weighted by Crippen LogP contribution is 2.03. The molecule has 66 valence electrons. The van der Waals surface area contributed by atoms with Gasteiger partial charge in [0.2, 0.25) is 0 Å². The van der Waals surface area contributed by atoms with E-state index in [4.69, 9.17) is 16.7 Å². The molecule has 0 saturated carbocycles. The Balaban J connectivity index is 0.000000217. The van der Waals surface area contributed by atoms with Gasteiger partial charge in [0.05, 0.1) is 5.75 Å². The topological polar surface area (TPSA) is 37.3 Å². The number of carboxylic acid groups (broad SMARTS) is 1. The Kier molecular flexibility index (Phi) is 6.61. The van der Waals surface area contributed by atoms with E-state index in [1.165, 1.54) is 0 Å². The summed E-state index contributed by atoms with van der Waals surface area (Å²) in [6.07, 6.45) is 0. The van der Waals surface area contributed by atoms with Gasteiger partial charge in [0.1, 0.15) is 0 Å². The molecule has 1 aromatic carbocycles. The Bertz CT molecular complexity index is 226. The van der Waals surface area contributed by atoms with Crippen LogP contribution in [-0.4, -0.2) is 16.8 Å². The Morgan fingerprint density at radius 2 is 1.83 bits per heavy atom. The van der Waals surface area contributed by atoms with Gasteiger partial charge in [-0.3, -0.25) is 4.79 Å². The van der Waals surface area contributed by atoms with Gasteiger partial charge in [-0.05, 0) is 12.1 Å². The van der Waals surface area contributed by atoms with Crippen LogP contribution in [0.3, 0.4) is 0 Å².